The van der Waals surface area contributed by atoms with Crippen LogP contribution < -0.4 is 4.90 Å². The molecule has 1 aliphatic carbocycles. The average molecular weight is 355 g/mol. The van der Waals surface area contributed by atoms with Gasteiger partial charge < -0.3 is 9.64 Å². The molecule has 0 aromatic carbocycles. The Morgan fingerprint density at radius 1 is 1.28 bits per heavy atom. The molecule has 2 fully saturated rings. The van der Waals surface area contributed by atoms with Crippen LogP contribution in [0.2, 0.25) is 0 Å². The summed E-state index contributed by atoms with van der Waals surface area (Å²) in [5, 5.41) is 17.5. The second-order valence-corrected chi connectivity index (χ2v) is 8.40. The lowest BCUT2D eigenvalue weighted by Crippen LogP contribution is -2.66. The summed E-state index contributed by atoms with van der Waals surface area (Å²) < 4.78 is 7.79. The smallest absolute Gasteiger partial charge is 0.186 e. The molecule has 3 aromatic heterocycles. The molecule has 3 aromatic rings. The summed E-state index contributed by atoms with van der Waals surface area (Å²) in [6, 6.07) is 6.52. The van der Waals surface area contributed by atoms with Gasteiger partial charge in [-0.3, -0.25) is 0 Å². The molecular weight excluding hydrogens is 334 g/mol. The quantitative estimate of drug-likeness (QED) is 0.723. The van der Waals surface area contributed by atoms with Crippen LogP contribution in [0, 0.1) is 11.3 Å². The third kappa shape index (κ3) is 2.09. The largest absolute Gasteiger partial charge is 0.377 e. The van der Waals surface area contributed by atoms with Crippen molar-refractivity contribution >= 4 is 22.8 Å². The molecule has 25 heavy (non-hydrogen) atoms. The van der Waals surface area contributed by atoms with E-state index in [0.717, 1.165) is 35.9 Å². The van der Waals surface area contributed by atoms with Crippen LogP contribution in [-0.2, 0) is 4.74 Å². The maximum Gasteiger partial charge on any atom is 0.186 e. The first-order valence-electron chi connectivity index (χ1n) is 8.67. The van der Waals surface area contributed by atoms with Gasteiger partial charge in [0.2, 0.25) is 0 Å². The molecule has 0 spiro atoms. The minimum absolute atomic E-state index is 0.135. The number of aromatic nitrogens is 4. The molecule has 3 unspecified atom stereocenters. The predicted octanol–water partition coefficient (Wildman–Crippen LogP) is 3.10. The van der Waals surface area contributed by atoms with Crippen molar-refractivity contribution in [2.75, 3.05) is 18.6 Å². The van der Waals surface area contributed by atoms with Crippen molar-refractivity contribution in [1.82, 2.24) is 19.8 Å². The van der Waals surface area contributed by atoms with Crippen LogP contribution in [0.4, 0.5) is 5.82 Å². The lowest BCUT2D eigenvalue weighted by Gasteiger charge is -2.58. The summed E-state index contributed by atoms with van der Waals surface area (Å²) >= 11 is 1.65. The number of fused-ring (bicyclic) bond motifs is 2. The summed E-state index contributed by atoms with van der Waals surface area (Å²) in [7, 11) is 2.14. The average Bonchev–Trinajstić information content (AvgIpc) is 3.32. The molecule has 0 amide bonds. The van der Waals surface area contributed by atoms with Crippen molar-refractivity contribution in [3.8, 4) is 11.4 Å². The van der Waals surface area contributed by atoms with E-state index >= 15 is 0 Å². The van der Waals surface area contributed by atoms with Crippen LogP contribution in [-0.4, -0.2) is 45.6 Å². The highest BCUT2D eigenvalue weighted by molar-refractivity contribution is 7.08. The lowest BCUT2D eigenvalue weighted by molar-refractivity contribution is -0.101. The maximum atomic E-state index is 5.94. The number of hydrogen-bond acceptors (Lipinski definition) is 6. The van der Waals surface area contributed by atoms with Crippen molar-refractivity contribution in [1.29, 1.82) is 0 Å². The van der Waals surface area contributed by atoms with Gasteiger partial charge in [0.15, 0.2) is 11.5 Å². The molecule has 7 heteroatoms. The first kappa shape index (κ1) is 15.3. The van der Waals surface area contributed by atoms with Crippen LogP contribution in [0.5, 0.6) is 0 Å². The van der Waals surface area contributed by atoms with Crippen molar-refractivity contribution in [3.05, 3.63) is 29.0 Å². The zero-order valence-electron chi connectivity index (χ0n) is 14.6. The molecule has 1 saturated heterocycles. The van der Waals surface area contributed by atoms with Gasteiger partial charge in [-0.1, -0.05) is 13.8 Å². The Balaban J connectivity index is 1.54. The number of hydrogen-bond donors (Lipinski definition) is 0. The fourth-order valence-electron chi connectivity index (χ4n) is 4.77. The van der Waals surface area contributed by atoms with Gasteiger partial charge in [-0.2, -0.15) is 15.9 Å². The van der Waals surface area contributed by atoms with Crippen molar-refractivity contribution in [3.63, 3.8) is 0 Å². The van der Waals surface area contributed by atoms with E-state index in [-0.39, 0.29) is 5.41 Å². The van der Waals surface area contributed by atoms with Gasteiger partial charge in [-0.25, -0.2) is 0 Å². The van der Waals surface area contributed by atoms with Gasteiger partial charge >= 0.3 is 0 Å². The molecule has 1 aliphatic heterocycles. The highest BCUT2D eigenvalue weighted by atomic mass is 32.1. The van der Waals surface area contributed by atoms with E-state index in [1.807, 2.05) is 22.0 Å². The third-order valence-corrected chi connectivity index (χ3v) is 6.53. The Morgan fingerprint density at radius 3 is 2.96 bits per heavy atom. The highest BCUT2D eigenvalue weighted by Gasteiger charge is 2.61. The molecule has 130 valence electrons. The Labute approximate surface area is 150 Å². The Kier molecular flexibility index (Phi) is 3.21. The van der Waals surface area contributed by atoms with Gasteiger partial charge in [0, 0.05) is 42.0 Å². The minimum atomic E-state index is 0.135. The van der Waals surface area contributed by atoms with E-state index in [0.29, 0.717) is 18.1 Å². The highest BCUT2D eigenvalue weighted by Crippen LogP contribution is 2.54. The lowest BCUT2D eigenvalue weighted by atomic mass is 9.57. The van der Waals surface area contributed by atoms with Gasteiger partial charge in [0.1, 0.15) is 5.82 Å². The van der Waals surface area contributed by atoms with Crippen LogP contribution in [0.1, 0.15) is 20.3 Å². The van der Waals surface area contributed by atoms with E-state index in [1.165, 1.54) is 0 Å². The van der Waals surface area contributed by atoms with E-state index in [4.69, 9.17) is 9.84 Å². The summed E-state index contributed by atoms with van der Waals surface area (Å²) in [6.07, 6.45) is 1.51. The minimum Gasteiger partial charge on any atom is -0.377 e. The SMILES string of the molecule is CN(c1ccc2nnc(-c3ccsc3)n2n1)C1C2CCOC2C1(C)C. The summed E-state index contributed by atoms with van der Waals surface area (Å²) in [4.78, 5) is 2.31. The normalized spacial score (nSPS) is 27.2. The molecule has 0 bridgehead atoms. The maximum absolute atomic E-state index is 5.94. The number of ether oxygens (including phenoxy) is 1. The fraction of sp³-hybridized carbons (Fsp3) is 0.500. The monoisotopic (exact) mass is 355 g/mol. The number of thiophene rings is 1. The van der Waals surface area contributed by atoms with Gasteiger partial charge in [0.25, 0.3) is 0 Å². The molecule has 0 radical (unpaired) electrons. The van der Waals surface area contributed by atoms with Gasteiger partial charge in [-0.15, -0.1) is 15.3 Å². The first-order chi connectivity index (χ1) is 12.1. The summed E-state index contributed by atoms with van der Waals surface area (Å²) in [6.45, 7) is 5.48. The standard InChI is InChI=1S/C18H21N5OS/c1-18(2)15(12-6-8-24-16(12)18)22(3)14-5-4-13-19-20-17(23(13)21-14)11-7-9-25-10-11/h4-5,7,9-10,12,15-16H,6,8H2,1-3H3. The van der Waals surface area contributed by atoms with E-state index < -0.39 is 0 Å². The van der Waals surface area contributed by atoms with Crippen LogP contribution >= 0.6 is 11.3 Å². The molecule has 2 aliphatic rings. The van der Waals surface area contributed by atoms with Crippen molar-refractivity contribution in [2.45, 2.75) is 32.4 Å². The molecular formula is C18H21N5OS. The molecule has 0 N–H and O–H groups in total. The second-order valence-electron chi connectivity index (χ2n) is 7.62. The molecule has 1 saturated carbocycles. The van der Waals surface area contributed by atoms with E-state index in [2.05, 4.69) is 47.4 Å². The zero-order valence-corrected chi connectivity index (χ0v) is 15.4. The van der Waals surface area contributed by atoms with Gasteiger partial charge in [-0.05, 0) is 30.0 Å². The topological polar surface area (TPSA) is 55.6 Å². The Hall–Kier alpha value is -1.99. The van der Waals surface area contributed by atoms with Crippen molar-refractivity contribution < 1.29 is 4.74 Å². The molecule has 3 atom stereocenters. The Bertz CT molecular complexity index is 919. The van der Waals surface area contributed by atoms with E-state index in [1.54, 1.807) is 11.3 Å². The van der Waals surface area contributed by atoms with E-state index in [9.17, 15) is 0 Å². The summed E-state index contributed by atoms with van der Waals surface area (Å²) in [5.74, 6) is 2.34. The summed E-state index contributed by atoms with van der Waals surface area (Å²) in [5.41, 5.74) is 1.96. The molecule has 5 rings (SSSR count). The predicted molar refractivity (Wildman–Crippen MR) is 97.9 cm³/mol. The van der Waals surface area contributed by atoms with Crippen LogP contribution in [0.3, 0.4) is 0 Å². The molecule has 6 nitrogen and oxygen atoms in total. The molecule has 4 heterocycles. The number of anilines is 1. The number of rotatable bonds is 3. The van der Waals surface area contributed by atoms with Crippen molar-refractivity contribution in [2.24, 2.45) is 11.3 Å². The number of nitrogens with zero attached hydrogens (tertiary/aromatic N) is 5. The third-order valence-electron chi connectivity index (χ3n) is 5.85. The van der Waals surface area contributed by atoms with Crippen LogP contribution in [0.25, 0.3) is 17.0 Å². The zero-order chi connectivity index (χ0) is 17.2. The Morgan fingerprint density at radius 2 is 2.16 bits per heavy atom. The van der Waals surface area contributed by atoms with Gasteiger partial charge in [0.05, 0.1) is 6.10 Å². The fourth-order valence-corrected chi connectivity index (χ4v) is 5.40. The first-order valence-corrected chi connectivity index (χ1v) is 9.61. The second kappa shape index (κ2) is 5.25. The van der Waals surface area contributed by atoms with Crippen LogP contribution in [0.15, 0.2) is 29.0 Å².